The number of thiocarbonyl (C=S) groups is 1. The summed E-state index contributed by atoms with van der Waals surface area (Å²) in [6.45, 7) is 6.26. The van der Waals surface area contributed by atoms with E-state index in [2.05, 4.69) is 23.1 Å². The molecule has 5 nitrogen and oxygen atoms in total. The summed E-state index contributed by atoms with van der Waals surface area (Å²) in [7, 11) is 1.71. The molecular formula is C12H22N4OS. The zero-order valence-corrected chi connectivity index (χ0v) is 11.9. The molecule has 0 spiro atoms. The van der Waals surface area contributed by atoms with Gasteiger partial charge in [0, 0.05) is 51.5 Å². The Kier molecular flexibility index (Phi) is 6.85. The fourth-order valence-corrected chi connectivity index (χ4v) is 1.77. The number of nitrogens with two attached hydrogens (primary N) is 1. The van der Waals surface area contributed by atoms with E-state index in [0.717, 1.165) is 32.6 Å². The highest BCUT2D eigenvalue weighted by Crippen LogP contribution is 2.04. The largest absolute Gasteiger partial charge is 0.393 e. The van der Waals surface area contributed by atoms with Crippen molar-refractivity contribution in [1.82, 2.24) is 14.7 Å². The topological polar surface area (TPSA) is 56.3 Å². The molecule has 2 N–H and O–H groups in total. The molecule has 0 aromatic carbocycles. The molecule has 0 saturated carbocycles. The molecule has 0 aliphatic rings. The third-order valence-corrected chi connectivity index (χ3v) is 2.91. The maximum Gasteiger partial charge on any atom is 0.0740 e. The van der Waals surface area contributed by atoms with Crippen molar-refractivity contribution >= 4 is 17.2 Å². The fourth-order valence-electron chi connectivity index (χ4n) is 1.68. The molecule has 0 radical (unpaired) electrons. The van der Waals surface area contributed by atoms with Crippen LogP contribution in [0.3, 0.4) is 0 Å². The monoisotopic (exact) mass is 270 g/mol. The third kappa shape index (κ3) is 5.57. The maximum atomic E-state index is 5.55. The molecule has 0 bridgehead atoms. The van der Waals surface area contributed by atoms with Gasteiger partial charge in [0.25, 0.3) is 0 Å². The van der Waals surface area contributed by atoms with Crippen LogP contribution in [0.2, 0.25) is 0 Å². The van der Waals surface area contributed by atoms with Gasteiger partial charge >= 0.3 is 0 Å². The van der Waals surface area contributed by atoms with Crippen LogP contribution in [0.1, 0.15) is 18.9 Å². The van der Waals surface area contributed by atoms with Crippen molar-refractivity contribution in [3.8, 4) is 0 Å². The lowest BCUT2D eigenvalue weighted by Crippen LogP contribution is -2.30. The number of ether oxygens (including phenoxy) is 1. The SMILES string of the molecule is CCn1cc(CN(CCOC)CCC(N)=S)cn1. The number of aryl methyl sites for hydroxylation is 1. The Morgan fingerprint density at radius 3 is 2.89 bits per heavy atom. The third-order valence-electron chi connectivity index (χ3n) is 2.70. The lowest BCUT2D eigenvalue weighted by atomic mass is 10.3. The van der Waals surface area contributed by atoms with Gasteiger partial charge in [-0.1, -0.05) is 12.2 Å². The molecule has 0 unspecified atom stereocenters. The number of hydrogen-bond acceptors (Lipinski definition) is 4. The highest BCUT2D eigenvalue weighted by Gasteiger charge is 2.08. The van der Waals surface area contributed by atoms with Crippen LogP contribution < -0.4 is 5.73 Å². The van der Waals surface area contributed by atoms with Crippen molar-refractivity contribution in [2.24, 2.45) is 5.73 Å². The molecule has 0 amide bonds. The van der Waals surface area contributed by atoms with Crippen molar-refractivity contribution in [2.75, 3.05) is 26.8 Å². The van der Waals surface area contributed by atoms with Gasteiger partial charge in [-0.15, -0.1) is 0 Å². The minimum absolute atomic E-state index is 0.557. The number of rotatable bonds is 9. The average molecular weight is 270 g/mol. The summed E-state index contributed by atoms with van der Waals surface area (Å²) in [4.78, 5) is 2.83. The van der Waals surface area contributed by atoms with Crippen LogP contribution in [-0.4, -0.2) is 46.5 Å². The molecule has 0 fully saturated rings. The Bertz CT molecular complexity index is 367. The molecule has 1 heterocycles. The van der Waals surface area contributed by atoms with Gasteiger partial charge in [0.05, 0.1) is 17.8 Å². The number of hydrogen-bond donors (Lipinski definition) is 1. The summed E-state index contributed by atoms with van der Waals surface area (Å²) in [5.74, 6) is 0. The summed E-state index contributed by atoms with van der Waals surface area (Å²) in [5, 5.41) is 4.27. The van der Waals surface area contributed by atoms with E-state index in [0.29, 0.717) is 11.6 Å². The van der Waals surface area contributed by atoms with Crippen LogP contribution in [0, 0.1) is 0 Å². The van der Waals surface area contributed by atoms with Crippen molar-refractivity contribution in [1.29, 1.82) is 0 Å². The van der Waals surface area contributed by atoms with Gasteiger partial charge in [-0.25, -0.2) is 0 Å². The Labute approximate surface area is 114 Å². The van der Waals surface area contributed by atoms with Crippen molar-refractivity contribution in [3.63, 3.8) is 0 Å². The first-order chi connectivity index (χ1) is 8.65. The number of aromatic nitrogens is 2. The van der Waals surface area contributed by atoms with E-state index in [1.165, 1.54) is 5.56 Å². The summed E-state index contributed by atoms with van der Waals surface area (Å²) < 4.78 is 7.04. The molecule has 0 aliphatic carbocycles. The van der Waals surface area contributed by atoms with Gasteiger partial charge < -0.3 is 10.5 Å². The zero-order valence-electron chi connectivity index (χ0n) is 11.1. The average Bonchev–Trinajstić information content (AvgIpc) is 2.80. The second kappa shape index (κ2) is 8.18. The molecule has 1 aromatic rings. The fraction of sp³-hybridized carbons (Fsp3) is 0.667. The van der Waals surface area contributed by atoms with Gasteiger partial charge in [-0.3, -0.25) is 9.58 Å². The molecular weight excluding hydrogens is 248 g/mol. The van der Waals surface area contributed by atoms with E-state index in [9.17, 15) is 0 Å². The van der Waals surface area contributed by atoms with Crippen molar-refractivity contribution < 1.29 is 4.74 Å². The molecule has 1 aromatic heterocycles. The van der Waals surface area contributed by atoms with Crippen LogP contribution in [0.5, 0.6) is 0 Å². The number of methoxy groups -OCH3 is 1. The van der Waals surface area contributed by atoms with Gasteiger partial charge in [0.1, 0.15) is 0 Å². The Morgan fingerprint density at radius 1 is 1.56 bits per heavy atom. The molecule has 0 atom stereocenters. The number of nitrogens with zero attached hydrogens (tertiary/aromatic N) is 3. The van der Waals surface area contributed by atoms with Crippen molar-refractivity contribution in [3.05, 3.63) is 18.0 Å². The second-order valence-corrected chi connectivity index (χ2v) is 4.71. The Morgan fingerprint density at radius 2 is 2.33 bits per heavy atom. The Hall–Kier alpha value is -0.980. The second-order valence-electron chi connectivity index (χ2n) is 4.19. The predicted molar refractivity (Wildman–Crippen MR) is 76.5 cm³/mol. The predicted octanol–water partition coefficient (Wildman–Crippen LogP) is 1.03. The van der Waals surface area contributed by atoms with E-state index >= 15 is 0 Å². The summed E-state index contributed by atoms with van der Waals surface area (Å²) in [6, 6.07) is 0. The Balaban J connectivity index is 2.50. The molecule has 18 heavy (non-hydrogen) atoms. The highest BCUT2D eigenvalue weighted by atomic mass is 32.1. The van der Waals surface area contributed by atoms with Gasteiger partial charge in [0.2, 0.25) is 0 Å². The van der Waals surface area contributed by atoms with E-state index in [-0.39, 0.29) is 0 Å². The van der Waals surface area contributed by atoms with Crippen LogP contribution in [-0.2, 0) is 17.8 Å². The van der Waals surface area contributed by atoms with Gasteiger partial charge in [-0.05, 0) is 6.92 Å². The van der Waals surface area contributed by atoms with E-state index < -0.39 is 0 Å². The summed E-state index contributed by atoms with van der Waals surface area (Å²) in [5.41, 5.74) is 6.75. The highest BCUT2D eigenvalue weighted by molar-refractivity contribution is 7.80. The van der Waals surface area contributed by atoms with E-state index in [1.54, 1.807) is 7.11 Å². The van der Waals surface area contributed by atoms with E-state index in [1.807, 2.05) is 10.9 Å². The van der Waals surface area contributed by atoms with Crippen LogP contribution >= 0.6 is 12.2 Å². The molecule has 1 rings (SSSR count). The van der Waals surface area contributed by atoms with Gasteiger partial charge in [-0.2, -0.15) is 5.10 Å². The van der Waals surface area contributed by atoms with Crippen LogP contribution in [0.4, 0.5) is 0 Å². The molecule has 0 aliphatic heterocycles. The minimum atomic E-state index is 0.557. The first-order valence-corrected chi connectivity index (χ1v) is 6.57. The normalized spacial score (nSPS) is 11.1. The molecule has 6 heteroatoms. The maximum absolute atomic E-state index is 5.55. The van der Waals surface area contributed by atoms with E-state index in [4.69, 9.17) is 22.7 Å². The lowest BCUT2D eigenvalue weighted by Gasteiger charge is -2.20. The van der Waals surface area contributed by atoms with Gasteiger partial charge in [0.15, 0.2) is 0 Å². The quantitative estimate of drug-likeness (QED) is 0.679. The summed E-state index contributed by atoms with van der Waals surface area (Å²) in [6.07, 6.45) is 4.71. The smallest absolute Gasteiger partial charge is 0.0740 e. The zero-order chi connectivity index (χ0) is 13.4. The minimum Gasteiger partial charge on any atom is -0.393 e. The standard InChI is InChI=1S/C12H22N4OS/c1-3-16-10-11(8-14-16)9-15(6-7-17-2)5-4-12(13)18/h8,10H,3-7,9H2,1-2H3,(H2,13,18). The lowest BCUT2D eigenvalue weighted by molar-refractivity contribution is 0.146. The first kappa shape index (κ1) is 15.1. The molecule has 0 saturated heterocycles. The van der Waals surface area contributed by atoms with Crippen molar-refractivity contribution in [2.45, 2.75) is 26.4 Å². The van der Waals surface area contributed by atoms with Crippen LogP contribution in [0.25, 0.3) is 0 Å². The first-order valence-electron chi connectivity index (χ1n) is 6.16. The van der Waals surface area contributed by atoms with Crippen LogP contribution in [0.15, 0.2) is 12.4 Å². The molecule has 102 valence electrons. The summed E-state index contributed by atoms with van der Waals surface area (Å²) >= 11 is 4.92.